The number of thiazole rings is 1. The van der Waals surface area contributed by atoms with Crippen LogP contribution in [0.25, 0.3) is 10.4 Å². The van der Waals surface area contributed by atoms with Crippen LogP contribution in [0.1, 0.15) is 16.1 Å². The first-order chi connectivity index (χ1) is 7.74. The van der Waals surface area contributed by atoms with Crippen molar-refractivity contribution >= 4 is 17.3 Å². The van der Waals surface area contributed by atoms with E-state index in [1.165, 1.54) is 18.4 Å². The Morgan fingerprint density at radius 2 is 2.12 bits per heavy atom. The Kier molecular flexibility index (Phi) is 3.01. The van der Waals surface area contributed by atoms with E-state index in [1.54, 1.807) is 5.51 Å². The summed E-state index contributed by atoms with van der Waals surface area (Å²) < 4.78 is 4.70. The van der Waals surface area contributed by atoms with Crippen molar-refractivity contribution in [2.45, 2.75) is 6.92 Å². The Morgan fingerprint density at radius 1 is 1.38 bits per heavy atom. The molecule has 0 amide bonds. The molecule has 0 unspecified atom stereocenters. The lowest BCUT2D eigenvalue weighted by molar-refractivity contribution is 0.0596. The van der Waals surface area contributed by atoms with Gasteiger partial charge in [-0.05, 0) is 18.1 Å². The lowest BCUT2D eigenvalue weighted by Crippen LogP contribution is -2.03. The first kappa shape index (κ1) is 10.8. The highest BCUT2D eigenvalue weighted by Crippen LogP contribution is 2.30. The third-order valence-corrected chi connectivity index (χ3v) is 3.20. The zero-order chi connectivity index (χ0) is 11.5. The molecule has 4 heteroatoms. The van der Waals surface area contributed by atoms with Crippen LogP contribution in [-0.2, 0) is 4.74 Å². The van der Waals surface area contributed by atoms with Gasteiger partial charge in [0.05, 0.1) is 17.5 Å². The summed E-state index contributed by atoms with van der Waals surface area (Å²) in [5.74, 6) is -0.389. The molecule has 3 nitrogen and oxygen atoms in total. The Labute approximate surface area is 97.7 Å². The highest BCUT2D eigenvalue weighted by molar-refractivity contribution is 7.13. The van der Waals surface area contributed by atoms with Crippen LogP contribution in [0.15, 0.2) is 29.8 Å². The predicted molar refractivity (Wildman–Crippen MR) is 63.6 cm³/mol. The Balaban J connectivity index is 2.53. The molecular formula is C12H11NO2S. The van der Waals surface area contributed by atoms with Crippen molar-refractivity contribution in [3.05, 3.63) is 41.0 Å². The summed E-state index contributed by atoms with van der Waals surface area (Å²) in [5, 5.41) is 0. The molecule has 0 atom stereocenters. The average molecular weight is 233 g/mol. The molecule has 82 valence electrons. The monoisotopic (exact) mass is 233 g/mol. The number of ether oxygens (including phenoxy) is 1. The third-order valence-electron chi connectivity index (χ3n) is 2.34. The van der Waals surface area contributed by atoms with Gasteiger partial charge < -0.3 is 4.74 Å². The highest BCUT2D eigenvalue weighted by Gasteiger charge is 2.17. The average Bonchev–Trinajstić information content (AvgIpc) is 2.77. The van der Waals surface area contributed by atoms with Crippen LogP contribution in [0.5, 0.6) is 0 Å². The van der Waals surface area contributed by atoms with Crippen molar-refractivity contribution in [2.75, 3.05) is 7.11 Å². The van der Waals surface area contributed by atoms with Gasteiger partial charge in [-0.3, -0.25) is 0 Å². The quantitative estimate of drug-likeness (QED) is 0.749. The largest absolute Gasteiger partial charge is 0.464 e. The van der Waals surface area contributed by atoms with Crippen molar-refractivity contribution in [3.63, 3.8) is 0 Å². The third kappa shape index (κ3) is 1.84. The van der Waals surface area contributed by atoms with E-state index in [2.05, 4.69) is 4.98 Å². The van der Waals surface area contributed by atoms with Crippen molar-refractivity contribution in [1.82, 2.24) is 4.98 Å². The number of benzene rings is 1. The molecule has 0 saturated heterocycles. The van der Waals surface area contributed by atoms with E-state index >= 15 is 0 Å². The second-order valence-corrected chi connectivity index (χ2v) is 4.19. The molecule has 0 saturated carbocycles. The maximum atomic E-state index is 11.5. The van der Waals surface area contributed by atoms with Gasteiger partial charge in [-0.1, -0.05) is 24.3 Å². The zero-order valence-corrected chi connectivity index (χ0v) is 9.88. The normalized spacial score (nSPS) is 10.1. The van der Waals surface area contributed by atoms with Crippen LogP contribution in [0, 0.1) is 6.92 Å². The lowest BCUT2D eigenvalue weighted by Gasteiger charge is -2.04. The van der Waals surface area contributed by atoms with E-state index in [-0.39, 0.29) is 5.97 Å². The Hall–Kier alpha value is -1.68. The molecule has 0 aliphatic carbocycles. The fourth-order valence-electron chi connectivity index (χ4n) is 1.51. The number of nitrogens with zero attached hydrogens (tertiary/aromatic N) is 1. The number of aryl methyl sites for hydroxylation is 1. The molecule has 1 aromatic carbocycles. The molecule has 0 aliphatic heterocycles. The summed E-state index contributed by atoms with van der Waals surface area (Å²) in [6, 6.07) is 7.91. The minimum atomic E-state index is -0.389. The van der Waals surface area contributed by atoms with E-state index < -0.39 is 0 Å². The molecule has 0 radical (unpaired) electrons. The second kappa shape index (κ2) is 4.45. The topological polar surface area (TPSA) is 39.2 Å². The second-order valence-electron chi connectivity index (χ2n) is 3.34. The smallest absolute Gasteiger partial charge is 0.358 e. The summed E-state index contributed by atoms with van der Waals surface area (Å²) >= 11 is 1.45. The SMILES string of the molecule is COC(=O)c1ncsc1-c1ccccc1C. The molecule has 16 heavy (non-hydrogen) atoms. The van der Waals surface area contributed by atoms with Crippen LogP contribution in [0.3, 0.4) is 0 Å². The molecular weight excluding hydrogens is 222 g/mol. The molecule has 1 aromatic heterocycles. The van der Waals surface area contributed by atoms with Crippen LogP contribution in [-0.4, -0.2) is 18.1 Å². The number of esters is 1. The summed E-state index contributed by atoms with van der Waals surface area (Å²) in [6.45, 7) is 2.01. The Bertz CT molecular complexity index is 519. The van der Waals surface area contributed by atoms with Gasteiger partial charge in [0.15, 0.2) is 5.69 Å². The number of methoxy groups -OCH3 is 1. The van der Waals surface area contributed by atoms with Gasteiger partial charge in [-0.2, -0.15) is 0 Å². The van der Waals surface area contributed by atoms with Crippen LogP contribution >= 0.6 is 11.3 Å². The van der Waals surface area contributed by atoms with Crippen molar-refractivity contribution in [2.24, 2.45) is 0 Å². The summed E-state index contributed by atoms with van der Waals surface area (Å²) in [4.78, 5) is 16.4. The first-order valence-electron chi connectivity index (χ1n) is 4.82. The molecule has 0 fully saturated rings. The minimum absolute atomic E-state index is 0.389. The van der Waals surface area contributed by atoms with Gasteiger partial charge >= 0.3 is 5.97 Å². The lowest BCUT2D eigenvalue weighted by atomic mass is 10.1. The molecule has 2 aromatic rings. The number of hydrogen-bond acceptors (Lipinski definition) is 4. The van der Waals surface area contributed by atoms with E-state index in [9.17, 15) is 4.79 Å². The first-order valence-corrected chi connectivity index (χ1v) is 5.70. The van der Waals surface area contributed by atoms with Crippen LogP contribution in [0.4, 0.5) is 0 Å². The molecule has 1 heterocycles. The molecule has 0 aliphatic rings. The van der Waals surface area contributed by atoms with E-state index in [0.717, 1.165) is 16.0 Å². The minimum Gasteiger partial charge on any atom is -0.464 e. The number of carbonyl (C=O) groups is 1. The van der Waals surface area contributed by atoms with Crippen molar-refractivity contribution in [1.29, 1.82) is 0 Å². The standard InChI is InChI=1S/C12H11NO2S/c1-8-5-3-4-6-9(8)11-10(12(14)15-2)13-7-16-11/h3-7H,1-2H3. The van der Waals surface area contributed by atoms with E-state index in [1.807, 2.05) is 31.2 Å². The predicted octanol–water partition coefficient (Wildman–Crippen LogP) is 2.91. The van der Waals surface area contributed by atoms with Gasteiger partial charge in [0, 0.05) is 0 Å². The highest BCUT2D eigenvalue weighted by atomic mass is 32.1. The van der Waals surface area contributed by atoms with Gasteiger partial charge in [-0.25, -0.2) is 9.78 Å². The summed E-state index contributed by atoms with van der Waals surface area (Å²) in [5.41, 5.74) is 4.21. The van der Waals surface area contributed by atoms with Gasteiger partial charge in [0.2, 0.25) is 0 Å². The van der Waals surface area contributed by atoms with Crippen LogP contribution < -0.4 is 0 Å². The van der Waals surface area contributed by atoms with Crippen LogP contribution in [0.2, 0.25) is 0 Å². The number of carbonyl (C=O) groups excluding carboxylic acids is 1. The number of aromatic nitrogens is 1. The maximum absolute atomic E-state index is 11.5. The molecule has 0 bridgehead atoms. The molecule has 0 spiro atoms. The Morgan fingerprint density at radius 3 is 2.81 bits per heavy atom. The van der Waals surface area contributed by atoms with Gasteiger partial charge in [0.25, 0.3) is 0 Å². The molecule has 2 rings (SSSR count). The van der Waals surface area contributed by atoms with Gasteiger partial charge in [0.1, 0.15) is 0 Å². The van der Waals surface area contributed by atoms with E-state index in [4.69, 9.17) is 4.74 Å². The van der Waals surface area contributed by atoms with E-state index in [0.29, 0.717) is 5.69 Å². The maximum Gasteiger partial charge on any atom is 0.358 e. The molecule has 0 N–H and O–H groups in total. The number of rotatable bonds is 2. The zero-order valence-electron chi connectivity index (χ0n) is 9.06. The van der Waals surface area contributed by atoms with Crippen molar-refractivity contribution < 1.29 is 9.53 Å². The van der Waals surface area contributed by atoms with Crippen molar-refractivity contribution in [3.8, 4) is 10.4 Å². The number of hydrogen-bond donors (Lipinski definition) is 0. The summed E-state index contributed by atoms with van der Waals surface area (Å²) in [7, 11) is 1.36. The fourth-order valence-corrected chi connectivity index (χ4v) is 2.37. The van der Waals surface area contributed by atoms with Gasteiger partial charge in [-0.15, -0.1) is 11.3 Å². The summed E-state index contributed by atoms with van der Waals surface area (Å²) in [6.07, 6.45) is 0. The fraction of sp³-hybridized carbons (Fsp3) is 0.167.